The van der Waals surface area contributed by atoms with E-state index in [1.807, 2.05) is 17.0 Å². The zero-order valence-corrected chi connectivity index (χ0v) is 11.1. The molecule has 0 aliphatic carbocycles. The van der Waals surface area contributed by atoms with Crippen molar-refractivity contribution < 1.29 is 4.79 Å². The summed E-state index contributed by atoms with van der Waals surface area (Å²) < 4.78 is 0. The Morgan fingerprint density at radius 1 is 1.22 bits per heavy atom. The zero-order valence-electron chi connectivity index (χ0n) is 11.1. The Bertz CT molecular complexity index is 423. The molecule has 18 heavy (non-hydrogen) atoms. The molecule has 0 unspecified atom stereocenters. The Kier molecular flexibility index (Phi) is 3.87. The first-order valence-corrected chi connectivity index (χ1v) is 6.47. The summed E-state index contributed by atoms with van der Waals surface area (Å²) in [6, 6.07) is 7.75. The van der Waals surface area contributed by atoms with Crippen molar-refractivity contribution in [2.45, 2.75) is 19.9 Å². The van der Waals surface area contributed by atoms with Gasteiger partial charge in [-0.2, -0.15) is 0 Å². The van der Waals surface area contributed by atoms with Gasteiger partial charge in [0, 0.05) is 43.5 Å². The Balaban J connectivity index is 1.99. The number of hydrogen-bond acceptors (Lipinski definition) is 3. The number of piperazine rings is 1. The molecular formula is C14H21N3O. The van der Waals surface area contributed by atoms with E-state index in [0.29, 0.717) is 17.3 Å². The van der Waals surface area contributed by atoms with Gasteiger partial charge in [-0.15, -0.1) is 0 Å². The number of amides is 1. The molecule has 4 nitrogen and oxygen atoms in total. The van der Waals surface area contributed by atoms with Gasteiger partial charge in [0.2, 0.25) is 0 Å². The maximum absolute atomic E-state index is 12.3. The first-order valence-electron chi connectivity index (χ1n) is 6.47. The average Bonchev–Trinajstić information content (AvgIpc) is 2.38. The topological polar surface area (TPSA) is 49.6 Å². The fourth-order valence-electron chi connectivity index (χ4n) is 2.30. The number of hydrogen-bond donors (Lipinski definition) is 1. The number of carbonyl (C=O) groups is 1. The minimum atomic E-state index is 0.0886. The second-order valence-electron chi connectivity index (χ2n) is 5.05. The van der Waals surface area contributed by atoms with Crippen molar-refractivity contribution >= 4 is 11.6 Å². The number of rotatable bonds is 2. The molecule has 0 bridgehead atoms. The number of carbonyl (C=O) groups excluding carboxylic acids is 1. The largest absolute Gasteiger partial charge is 0.399 e. The molecule has 0 radical (unpaired) electrons. The minimum absolute atomic E-state index is 0.0886. The predicted octanol–water partition coefficient (Wildman–Crippen LogP) is 1.44. The molecule has 1 fully saturated rings. The molecule has 1 aliphatic heterocycles. The molecule has 1 aromatic carbocycles. The van der Waals surface area contributed by atoms with Crippen molar-refractivity contribution in [1.29, 1.82) is 0 Å². The maximum atomic E-state index is 12.3. The number of benzene rings is 1. The molecule has 1 amide bonds. The van der Waals surface area contributed by atoms with Crippen LogP contribution in [0, 0.1) is 0 Å². The molecule has 4 heteroatoms. The van der Waals surface area contributed by atoms with Gasteiger partial charge >= 0.3 is 0 Å². The van der Waals surface area contributed by atoms with E-state index in [9.17, 15) is 4.79 Å². The summed E-state index contributed by atoms with van der Waals surface area (Å²) in [5, 5.41) is 0. The second kappa shape index (κ2) is 5.40. The van der Waals surface area contributed by atoms with Crippen molar-refractivity contribution in [3.05, 3.63) is 29.8 Å². The summed E-state index contributed by atoms with van der Waals surface area (Å²) in [7, 11) is 0. The zero-order chi connectivity index (χ0) is 13.1. The Labute approximate surface area is 108 Å². The van der Waals surface area contributed by atoms with Gasteiger partial charge in [-0.3, -0.25) is 9.69 Å². The van der Waals surface area contributed by atoms with E-state index in [1.165, 1.54) is 0 Å². The fourth-order valence-corrected chi connectivity index (χ4v) is 2.30. The highest BCUT2D eigenvalue weighted by molar-refractivity contribution is 5.95. The number of nitrogens with zero attached hydrogens (tertiary/aromatic N) is 2. The maximum Gasteiger partial charge on any atom is 0.254 e. The second-order valence-corrected chi connectivity index (χ2v) is 5.05. The Morgan fingerprint density at radius 3 is 2.44 bits per heavy atom. The first kappa shape index (κ1) is 12.9. The molecule has 0 spiro atoms. The lowest BCUT2D eigenvalue weighted by Crippen LogP contribution is -2.50. The van der Waals surface area contributed by atoms with Crippen LogP contribution in [0.3, 0.4) is 0 Å². The van der Waals surface area contributed by atoms with Gasteiger partial charge < -0.3 is 10.6 Å². The van der Waals surface area contributed by atoms with Crippen molar-refractivity contribution in [2.24, 2.45) is 0 Å². The van der Waals surface area contributed by atoms with E-state index in [4.69, 9.17) is 5.73 Å². The minimum Gasteiger partial charge on any atom is -0.399 e. The molecular weight excluding hydrogens is 226 g/mol. The molecule has 1 aromatic rings. The monoisotopic (exact) mass is 247 g/mol. The van der Waals surface area contributed by atoms with E-state index in [1.54, 1.807) is 12.1 Å². The summed E-state index contributed by atoms with van der Waals surface area (Å²) in [6.45, 7) is 7.87. The normalized spacial score (nSPS) is 17.2. The highest BCUT2D eigenvalue weighted by atomic mass is 16.2. The summed E-state index contributed by atoms with van der Waals surface area (Å²) in [6.07, 6.45) is 0. The standard InChI is InChI=1S/C14H21N3O/c1-11(2)16-6-8-17(9-7-16)14(18)12-4-3-5-13(15)10-12/h3-5,10-11H,6-9,15H2,1-2H3. The summed E-state index contributed by atoms with van der Waals surface area (Å²) in [4.78, 5) is 16.6. The van der Waals surface area contributed by atoms with E-state index in [0.717, 1.165) is 26.2 Å². The van der Waals surface area contributed by atoms with Crippen molar-refractivity contribution in [2.75, 3.05) is 31.9 Å². The van der Waals surface area contributed by atoms with Gasteiger partial charge in [0.25, 0.3) is 5.91 Å². The van der Waals surface area contributed by atoms with Gasteiger partial charge in [-0.25, -0.2) is 0 Å². The van der Waals surface area contributed by atoms with Crippen LogP contribution in [0.4, 0.5) is 5.69 Å². The van der Waals surface area contributed by atoms with Crippen LogP contribution in [-0.2, 0) is 0 Å². The van der Waals surface area contributed by atoms with E-state index >= 15 is 0 Å². The molecule has 1 aliphatic rings. The molecule has 2 N–H and O–H groups in total. The third-order valence-corrected chi connectivity index (χ3v) is 3.47. The summed E-state index contributed by atoms with van der Waals surface area (Å²) in [5.41, 5.74) is 7.04. The molecule has 0 atom stereocenters. The van der Waals surface area contributed by atoms with Crippen LogP contribution in [-0.4, -0.2) is 47.9 Å². The van der Waals surface area contributed by atoms with Gasteiger partial charge in [0.1, 0.15) is 0 Å². The van der Waals surface area contributed by atoms with Crippen LogP contribution in [0.1, 0.15) is 24.2 Å². The number of nitrogens with two attached hydrogens (primary N) is 1. The third-order valence-electron chi connectivity index (χ3n) is 3.47. The lowest BCUT2D eigenvalue weighted by atomic mass is 10.1. The Morgan fingerprint density at radius 2 is 1.89 bits per heavy atom. The van der Waals surface area contributed by atoms with Gasteiger partial charge in [-0.1, -0.05) is 6.07 Å². The van der Waals surface area contributed by atoms with E-state index in [2.05, 4.69) is 18.7 Å². The molecule has 2 rings (SSSR count). The lowest BCUT2D eigenvalue weighted by molar-refractivity contribution is 0.0595. The molecule has 98 valence electrons. The number of nitrogen functional groups attached to an aromatic ring is 1. The van der Waals surface area contributed by atoms with Gasteiger partial charge in [0.05, 0.1) is 0 Å². The number of anilines is 1. The highest BCUT2D eigenvalue weighted by Gasteiger charge is 2.23. The fraction of sp³-hybridized carbons (Fsp3) is 0.500. The molecule has 1 saturated heterocycles. The Hall–Kier alpha value is -1.55. The van der Waals surface area contributed by atoms with Gasteiger partial charge in [-0.05, 0) is 32.0 Å². The highest BCUT2D eigenvalue weighted by Crippen LogP contribution is 2.12. The quantitative estimate of drug-likeness (QED) is 0.804. The average molecular weight is 247 g/mol. The van der Waals surface area contributed by atoms with Gasteiger partial charge in [0.15, 0.2) is 0 Å². The van der Waals surface area contributed by atoms with E-state index < -0.39 is 0 Å². The smallest absolute Gasteiger partial charge is 0.254 e. The summed E-state index contributed by atoms with van der Waals surface area (Å²) >= 11 is 0. The van der Waals surface area contributed by atoms with Crippen LogP contribution in [0.15, 0.2) is 24.3 Å². The van der Waals surface area contributed by atoms with Crippen LogP contribution in [0.5, 0.6) is 0 Å². The van der Waals surface area contributed by atoms with Crippen LogP contribution in [0.2, 0.25) is 0 Å². The predicted molar refractivity (Wildman–Crippen MR) is 73.5 cm³/mol. The third kappa shape index (κ3) is 2.82. The lowest BCUT2D eigenvalue weighted by Gasteiger charge is -2.37. The van der Waals surface area contributed by atoms with Crippen molar-refractivity contribution in [3.63, 3.8) is 0 Å². The van der Waals surface area contributed by atoms with Crippen molar-refractivity contribution in [3.8, 4) is 0 Å². The molecule has 0 aromatic heterocycles. The molecule has 1 heterocycles. The van der Waals surface area contributed by atoms with Crippen LogP contribution < -0.4 is 5.73 Å². The summed E-state index contributed by atoms with van der Waals surface area (Å²) in [5.74, 6) is 0.0886. The molecule has 0 saturated carbocycles. The van der Waals surface area contributed by atoms with Crippen molar-refractivity contribution in [1.82, 2.24) is 9.80 Å². The van der Waals surface area contributed by atoms with E-state index in [-0.39, 0.29) is 5.91 Å². The van der Waals surface area contributed by atoms with Crippen LogP contribution >= 0.6 is 0 Å². The first-order chi connectivity index (χ1) is 8.58. The van der Waals surface area contributed by atoms with Crippen LogP contribution in [0.25, 0.3) is 0 Å². The SMILES string of the molecule is CC(C)N1CCN(C(=O)c2cccc(N)c2)CC1.